The van der Waals surface area contributed by atoms with Crippen LogP contribution in [0.25, 0.3) is 0 Å². The predicted octanol–water partition coefficient (Wildman–Crippen LogP) is 4.97. The van der Waals surface area contributed by atoms with Gasteiger partial charge in [0.25, 0.3) is 0 Å². The second-order valence-corrected chi connectivity index (χ2v) is 5.44. The maximum atomic E-state index is 8.49. The highest BCUT2D eigenvalue weighted by atomic mass is 14.2. The van der Waals surface area contributed by atoms with Crippen LogP contribution in [0, 0.1) is 11.3 Å². The quantitative estimate of drug-likeness (QED) is 0.668. The lowest BCUT2D eigenvalue weighted by atomic mass is 9.84. The molecule has 0 bridgehead atoms. The van der Waals surface area contributed by atoms with Gasteiger partial charge in [0.1, 0.15) is 0 Å². The summed E-state index contributed by atoms with van der Waals surface area (Å²) < 4.78 is 0. The van der Waals surface area contributed by atoms with Gasteiger partial charge in [-0.05, 0) is 49.1 Å². The zero-order valence-electron chi connectivity index (χ0n) is 11.2. The Morgan fingerprint density at radius 3 is 2.39 bits per heavy atom. The monoisotopic (exact) mass is 241 g/mol. The van der Waals surface area contributed by atoms with E-state index in [0.717, 1.165) is 25.2 Å². The maximum Gasteiger partial charge on any atom is 0.0621 e. The highest BCUT2D eigenvalue weighted by Gasteiger charge is 2.14. The second-order valence-electron chi connectivity index (χ2n) is 5.44. The van der Waals surface area contributed by atoms with Crippen molar-refractivity contribution in [1.29, 1.82) is 5.26 Å². The minimum atomic E-state index is 0.695. The van der Waals surface area contributed by atoms with E-state index in [1.807, 2.05) is 0 Å². The molecule has 0 unspecified atom stereocenters. The van der Waals surface area contributed by atoms with Crippen molar-refractivity contribution in [2.75, 3.05) is 0 Å². The second kappa shape index (κ2) is 7.21. The number of nitriles is 1. The predicted molar refractivity (Wildman–Crippen MR) is 75.4 cm³/mol. The fourth-order valence-electron chi connectivity index (χ4n) is 2.93. The first-order valence-electron chi connectivity index (χ1n) is 7.36. The largest absolute Gasteiger partial charge is 0.198 e. The normalized spacial score (nSPS) is 16.4. The van der Waals surface area contributed by atoms with E-state index >= 15 is 0 Å². The molecule has 0 saturated heterocycles. The molecule has 0 aromatic heterocycles. The summed E-state index contributed by atoms with van der Waals surface area (Å²) in [5, 5.41) is 8.49. The van der Waals surface area contributed by atoms with Crippen molar-refractivity contribution in [1.82, 2.24) is 0 Å². The lowest BCUT2D eigenvalue weighted by Gasteiger charge is -2.22. The molecule has 0 spiro atoms. The molecule has 1 aliphatic carbocycles. The number of rotatable bonds is 5. The van der Waals surface area contributed by atoms with Crippen LogP contribution >= 0.6 is 0 Å². The summed E-state index contributed by atoms with van der Waals surface area (Å²) in [6.07, 6.45) is 11.0. The first-order valence-corrected chi connectivity index (χ1v) is 7.36. The van der Waals surface area contributed by atoms with Crippen LogP contribution in [-0.4, -0.2) is 0 Å². The Hall–Kier alpha value is -1.29. The average Bonchev–Trinajstić information content (AvgIpc) is 2.45. The van der Waals surface area contributed by atoms with Gasteiger partial charge in [0.15, 0.2) is 0 Å². The SMILES string of the molecule is N#CCCCCc1ccc(C2CCCCC2)cc1. The van der Waals surface area contributed by atoms with Crippen LogP contribution in [0.3, 0.4) is 0 Å². The molecule has 0 atom stereocenters. The molecular weight excluding hydrogens is 218 g/mol. The minimum absolute atomic E-state index is 0.695. The van der Waals surface area contributed by atoms with Gasteiger partial charge in [-0.2, -0.15) is 5.26 Å². The van der Waals surface area contributed by atoms with Gasteiger partial charge >= 0.3 is 0 Å². The number of hydrogen-bond donors (Lipinski definition) is 0. The Balaban J connectivity index is 1.83. The van der Waals surface area contributed by atoms with E-state index in [-0.39, 0.29) is 0 Å². The van der Waals surface area contributed by atoms with Gasteiger partial charge in [-0.15, -0.1) is 0 Å². The van der Waals surface area contributed by atoms with Crippen LogP contribution in [0.5, 0.6) is 0 Å². The van der Waals surface area contributed by atoms with Crippen molar-refractivity contribution >= 4 is 0 Å². The lowest BCUT2D eigenvalue weighted by molar-refractivity contribution is 0.443. The highest BCUT2D eigenvalue weighted by molar-refractivity contribution is 5.25. The summed E-state index contributed by atoms with van der Waals surface area (Å²) in [5.74, 6) is 0.811. The van der Waals surface area contributed by atoms with Crippen LogP contribution in [0.4, 0.5) is 0 Å². The summed E-state index contributed by atoms with van der Waals surface area (Å²) >= 11 is 0. The zero-order chi connectivity index (χ0) is 12.6. The van der Waals surface area contributed by atoms with E-state index in [0.29, 0.717) is 6.42 Å². The minimum Gasteiger partial charge on any atom is -0.198 e. The number of nitrogens with zero attached hydrogens (tertiary/aromatic N) is 1. The smallest absolute Gasteiger partial charge is 0.0621 e. The Kier molecular flexibility index (Phi) is 5.27. The number of hydrogen-bond acceptors (Lipinski definition) is 1. The topological polar surface area (TPSA) is 23.8 Å². The van der Waals surface area contributed by atoms with Crippen LogP contribution in [-0.2, 0) is 6.42 Å². The lowest BCUT2D eigenvalue weighted by Crippen LogP contribution is -2.04. The zero-order valence-corrected chi connectivity index (χ0v) is 11.2. The Bertz CT molecular complexity index is 379. The van der Waals surface area contributed by atoms with Gasteiger partial charge in [-0.3, -0.25) is 0 Å². The third-order valence-electron chi connectivity index (χ3n) is 4.06. The summed E-state index contributed by atoms with van der Waals surface area (Å²) in [6, 6.07) is 11.4. The van der Waals surface area contributed by atoms with Gasteiger partial charge in [-0.1, -0.05) is 43.5 Å². The summed E-state index contributed by atoms with van der Waals surface area (Å²) in [6.45, 7) is 0. The van der Waals surface area contributed by atoms with Gasteiger partial charge in [-0.25, -0.2) is 0 Å². The van der Waals surface area contributed by atoms with Crippen LogP contribution in [0.15, 0.2) is 24.3 Å². The van der Waals surface area contributed by atoms with Gasteiger partial charge < -0.3 is 0 Å². The molecule has 0 heterocycles. The third kappa shape index (κ3) is 3.88. The van der Waals surface area contributed by atoms with Crippen LogP contribution in [0.2, 0.25) is 0 Å². The first-order chi connectivity index (χ1) is 8.90. The van der Waals surface area contributed by atoms with E-state index in [4.69, 9.17) is 5.26 Å². The molecule has 1 aliphatic rings. The highest BCUT2D eigenvalue weighted by Crippen LogP contribution is 2.32. The first kappa shape index (κ1) is 13.1. The fourth-order valence-corrected chi connectivity index (χ4v) is 2.93. The Morgan fingerprint density at radius 2 is 1.72 bits per heavy atom. The molecule has 0 radical (unpaired) electrons. The molecule has 0 N–H and O–H groups in total. The molecule has 0 aliphatic heterocycles. The molecule has 2 rings (SSSR count). The Morgan fingerprint density at radius 1 is 1.00 bits per heavy atom. The molecule has 1 aromatic rings. The van der Waals surface area contributed by atoms with E-state index in [1.54, 1.807) is 0 Å². The van der Waals surface area contributed by atoms with Crippen molar-refractivity contribution in [2.24, 2.45) is 0 Å². The van der Waals surface area contributed by atoms with Crippen molar-refractivity contribution in [2.45, 2.75) is 63.7 Å². The molecule has 1 nitrogen and oxygen atoms in total. The molecule has 1 saturated carbocycles. The molecule has 0 amide bonds. The van der Waals surface area contributed by atoms with Crippen molar-refractivity contribution in [3.8, 4) is 6.07 Å². The van der Waals surface area contributed by atoms with E-state index in [1.165, 1.54) is 43.2 Å². The number of benzene rings is 1. The standard InChI is InChI=1S/C17H23N/c18-14-6-2-3-7-15-10-12-17(13-11-15)16-8-4-1-5-9-16/h10-13,16H,1-9H2. The molecule has 1 fully saturated rings. The molecule has 1 heteroatoms. The molecule has 96 valence electrons. The maximum absolute atomic E-state index is 8.49. The van der Waals surface area contributed by atoms with Crippen molar-refractivity contribution in [3.63, 3.8) is 0 Å². The Labute approximate surface area is 111 Å². The van der Waals surface area contributed by atoms with Crippen LogP contribution in [0.1, 0.15) is 68.4 Å². The summed E-state index contributed by atoms with van der Waals surface area (Å²) in [5.41, 5.74) is 2.96. The third-order valence-corrected chi connectivity index (χ3v) is 4.06. The molecular formula is C17H23N. The van der Waals surface area contributed by atoms with Gasteiger partial charge in [0.05, 0.1) is 6.07 Å². The fraction of sp³-hybridized carbons (Fsp3) is 0.588. The van der Waals surface area contributed by atoms with Crippen molar-refractivity contribution in [3.05, 3.63) is 35.4 Å². The average molecular weight is 241 g/mol. The molecule has 18 heavy (non-hydrogen) atoms. The van der Waals surface area contributed by atoms with E-state index < -0.39 is 0 Å². The summed E-state index contributed by atoms with van der Waals surface area (Å²) in [4.78, 5) is 0. The molecule has 1 aromatic carbocycles. The van der Waals surface area contributed by atoms with Gasteiger partial charge in [0.2, 0.25) is 0 Å². The van der Waals surface area contributed by atoms with Gasteiger partial charge in [0, 0.05) is 6.42 Å². The number of aryl methyl sites for hydroxylation is 1. The van der Waals surface area contributed by atoms with E-state index in [2.05, 4.69) is 30.3 Å². The van der Waals surface area contributed by atoms with Crippen molar-refractivity contribution < 1.29 is 0 Å². The summed E-state index contributed by atoms with van der Waals surface area (Å²) in [7, 11) is 0. The van der Waals surface area contributed by atoms with Crippen LogP contribution < -0.4 is 0 Å². The number of unbranched alkanes of at least 4 members (excludes halogenated alkanes) is 2. The van der Waals surface area contributed by atoms with E-state index in [9.17, 15) is 0 Å².